The second-order valence-electron chi connectivity index (χ2n) is 4.92. The van der Waals surface area contributed by atoms with Crippen LogP contribution < -0.4 is 5.32 Å². The van der Waals surface area contributed by atoms with Gasteiger partial charge in [0.1, 0.15) is 0 Å². The topological polar surface area (TPSA) is 21.3 Å². The summed E-state index contributed by atoms with van der Waals surface area (Å²) in [5.74, 6) is 0. The Morgan fingerprint density at radius 1 is 1.56 bits per heavy atom. The first-order chi connectivity index (χ1) is 8.57. The molecule has 2 atom stereocenters. The van der Waals surface area contributed by atoms with Gasteiger partial charge in [0.2, 0.25) is 0 Å². The maximum atomic E-state index is 6.02. The SMILES string of the molecule is CCCNC(c1cc(Br)c(Br)s1)C1(C)CCCO1. The van der Waals surface area contributed by atoms with E-state index >= 15 is 0 Å². The van der Waals surface area contributed by atoms with Crippen LogP contribution in [0.25, 0.3) is 0 Å². The molecule has 2 rings (SSSR count). The van der Waals surface area contributed by atoms with Crippen LogP contribution in [0, 0.1) is 0 Å². The molecule has 0 saturated carbocycles. The molecule has 1 aliphatic heterocycles. The fraction of sp³-hybridized carbons (Fsp3) is 0.692. The summed E-state index contributed by atoms with van der Waals surface area (Å²) in [5.41, 5.74) is -0.0705. The average Bonchev–Trinajstić information content (AvgIpc) is 2.88. The van der Waals surface area contributed by atoms with Gasteiger partial charge < -0.3 is 10.1 Å². The normalized spacial score (nSPS) is 25.6. The third kappa shape index (κ3) is 3.18. The number of hydrogen-bond acceptors (Lipinski definition) is 3. The average molecular weight is 397 g/mol. The Bertz CT molecular complexity index is 382. The van der Waals surface area contributed by atoms with Gasteiger partial charge in [-0.25, -0.2) is 0 Å². The van der Waals surface area contributed by atoms with Crippen molar-refractivity contribution < 1.29 is 4.74 Å². The van der Waals surface area contributed by atoms with E-state index in [1.165, 1.54) is 4.88 Å². The van der Waals surface area contributed by atoms with Crippen LogP contribution in [0.2, 0.25) is 0 Å². The fourth-order valence-electron chi connectivity index (χ4n) is 2.44. The lowest BCUT2D eigenvalue weighted by molar-refractivity contribution is -0.0115. The molecule has 18 heavy (non-hydrogen) atoms. The van der Waals surface area contributed by atoms with E-state index in [9.17, 15) is 0 Å². The molecular weight excluding hydrogens is 378 g/mol. The van der Waals surface area contributed by atoms with E-state index in [0.29, 0.717) is 0 Å². The molecule has 0 amide bonds. The van der Waals surface area contributed by atoms with E-state index in [2.05, 4.69) is 57.1 Å². The van der Waals surface area contributed by atoms with Gasteiger partial charge in [-0.15, -0.1) is 11.3 Å². The Hall–Kier alpha value is 0.580. The zero-order valence-electron chi connectivity index (χ0n) is 10.8. The highest BCUT2D eigenvalue weighted by Crippen LogP contribution is 2.43. The molecule has 0 aromatic carbocycles. The highest BCUT2D eigenvalue weighted by atomic mass is 79.9. The van der Waals surface area contributed by atoms with Gasteiger partial charge in [0.25, 0.3) is 0 Å². The standard InChI is InChI=1S/C13H19Br2NOS/c1-3-6-16-11(13(2)5-4-7-17-13)10-8-9(14)12(15)18-10/h8,11,16H,3-7H2,1-2H3. The van der Waals surface area contributed by atoms with Crippen molar-refractivity contribution in [1.29, 1.82) is 0 Å². The second kappa shape index (κ2) is 6.35. The highest BCUT2D eigenvalue weighted by Gasteiger charge is 2.39. The van der Waals surface area contributed by atoms with E-state index < -0.39 is 0 Å². The molecule has 1 fully saturated rings. The van der Waals surface area contributed by atoms with E-state index in [-0.39, 0.29) is 11.6 Å². The number of rotatable bonds is 5. The van der Waals surface area contributed by atoms with Gasteiger partial charge in [0, 0.05) is 16.0 Å². The number of ether oxygens (including phenoxy) is 1. The highest BCUT2D eigenvalue weighted by molar-refractivity contribution is 9.13. The van der Waals surface area contributed by atoms with Crippen molar-refractivity contribution in [3.63, 3.8) is 0 Å². The van der Waals surface area contributed by atoms with Crippen LogP contribution in [0.4, 0.5) is 0 Å². The largest absolute Gasteiger partial charge is 0.373 e. The first-order valence-corrected chi connectivity index (χ1v) is 8.79. The van der Waals surface area contributed by atoms with Crippen LogP contribution in [0.1, 0.15) is 44.0 Å². The summed E-state index contributed by atoms with van der Waals surface area (Å²) in [4.78, 5) is 1.34. The summed E-state index contributed by atoms with van der Waals surface area (Å²) < 4.78 is 8.30. The second-order valence-corrected chi connectivity index (χ2v) is 8.18. The summed E-state index contributed by atoms with van der Waals surface area (Å²) in [6, 6.07) is 2.49. The van der Waals surface area contributed by atoms with Crippen molar-refractivity contribution >= 4 is 43.2 Å². The smallest absolute Gasteiger partial charge is 0.0857 e. The molecule has 0 aliphatic carbocycles. The lowest BCUT2D eigenvalue weighted by Crippen LogP contribution is -2.41. The number of halogens is 2. The van der Waals surface area contributed by atoms with E-state index in [1.807, 2.05) is 0 Å². The van der Waals surface area contributed by atoms with Crippen molar-refractivity contribution in [2.24, 2.45) is 0 Å². The van der Waals surface area contributed by atoms with Crippen LogP contribution in [0.5, 0.6) is 0 Å². The maximum Gasteiger partial charge on any atom is 0.0857 e. The van der Waals surface area contributed by atoms with Gasteiger partial charge in [0.05, 0.1) is 15.4 Å². The van der Waals surface area contributed by atoms with Gasteiger partial charge in [-0.1, -0.05) is 6.92 Å². The number of hydrogen-bond donors (Lipinski definition) is 1. The van der Waals surface area contributed by atoms with Crippen LogP contribution >= 0.6 is 43.2 Å². The van der Waals surface area contributed by atoms with Gasteiger partial charge in [-0.05, 0) is 70.7 Å². The molecule has 1 saturated heterocycles. The molecule has 5 heteroatoms. The maximum absolute atomic E-state index is 6.02. The molecule has 102 valence electrons. The zero-order chi connectivity index (χ0) is 13.2. The molecule has 2 nitrogen and oxygen atoms in total. The third-order valence-corrected chi connectivity index (χ3v) is 6.73. The lowest BCUT2D eigenvalue weighted by Gasteiger charge is -2.33. The molecular formula is C13H19Br2NOS. The minimum Gasteiger partial charge on any atom is -0.373 e. The summed E-state index contributed by atoms with van der Waals surface area (Å²) >= 11 is 8.94. The molecule has 0 radical (unpaired) electrons. The van der Waals surface area contributed by atoms with Gasteiger partial charge in [-0.2, -0.15) is 0 Å². The predicted molar refractivity (Wildman–Crippen MR) is 84.3 cm³/mol. The quantitative estimate of drug-likeness (QED) is 0.765. The Labute approximate surface area is 130 Å². The first-order valence-electron chi connectivity index (χ1n) is 6.39. The van der Waals surface area contributed by atoms with Gasteiger partial charge >= 0.3 is 0 Å². The number of nitrogens with one attached hydrogen (secondary N) is 1. The zero-order valence-corrected chi connectivity index (χ0v) is 14.8. The Kier molecular flexibility index (Phi) is 5.29. The lowest BCUT2D eigenvalue weighted by atomic mass is 9.92. The van der Waals surface area contributed by atoms with Gasteiger partial charge in [0.15, 0.2) is 0 Å². The summed E-state index contributed by atoms with van der Waals surface area (Å²) in [6.45, 7) is 6.34. The van der Waals surface area contributed by atoms with E-state index in [4.69, 9.17) is 4.74 Å². The monoisotopic (exact) mass is 395 g/mol. The first kappa shape index (κ1) is 15.0. The van der Waals surface area contributed by atoms with Crippen molar-refractivity contribution in [1.82, 2.24) is 5.32 Å². The molecule has 2 heterocycles. The van der Waals surface area contributed by atoms with Crippen LogP contribution in [-0.2, 0) is 4.74 Å². The van der Waals surface area contributed by atoms with Crippen LogP contribution in [0.3, 0.4) is 0 Å². The Morgan fingerprint density at radius 3 is 2.83 bits per heavy atom. The number of thiophene rings is 1. The Morgan fingerprint density at radius 2 is 2.33 bits per heavy atom. The van der Waals surface area contributed by atoms with Crippen molar-refractivity contribution in [2.75, 3.05) is 13.2 Å². The van der Waals surface area contributed by atoms with Gasteiger partial charge in [-0.3, -0.25) is 0 Å². The van der Waals surface area contributed by atoms with Crippen LogP contribution in [-0.4, -0.2) is 18.8 Å². The predicted octanol–water partition coefficient (Wildman–Crippen LogP) is 4.88. The molecule has 2 unspecified atom stereocenters. The van der Waals surface area contributed by atoms with Crippen molar-refractivity contribution in [3.05, 3.63) is 19.2 Å². The minimum absolute atomic E-state index is 0.0705. The summed E-state index contributed by atoms with van der Waals surface area (Å²) in [6.07, 6.45) is 3.43. The molecule has 1 aromatic heterocycles. The van der Waals surface area contributed by atoms with E-state index in [0.717, 1.165) is 40.7 Å². The molecule has 1 N–H and O–H groups in total. The molecule has 1 aliphatic rings. The molecule has 0 bridgehead atoms. The summed E-state index contributed by atoms with van der Waals surface area (Å²) in [7, 11) is 0. The van der Waals surface area contributed by atoms with Crippen molar-refractivity contribution in [3.8, 4) is 0 Å². The molecule has 0 spiro atoms. The summed E-state index contributed by atoms with van der Waals surface area (Å²) in [5, 5.41) is 3.65. The van der Waals surface area contributed by atoms with Crippen LogP contribution in [0.15, 0.2) is 14.3 Å². The Balaban J connectivity index is 2.24. The third-order valence-electron chi connectivity index (χ3n) is 3.41. The van der Waals surface area contributed by atoms with Crippen molar-refractivity contribution in [2.45, 2.75) is 44.8 Å². The van der Waals surface area contributed by atoms with E-state index in [1.54, 1.807) is 11.3 Å². The minimum atomic E-state index is -0.0705. The molecule has 1 aromatic rings. The fourth-order valence-corrected chi connectivity index (χ4v) is 4.75.